The summed E-state index contributed by atoms with van der Waals surface area (Å²) in [6.07, 6.45) is 0.588. The summed E-state index contributed by atoms with van der Waals surface area (Å²) >= 11 is 0. The molecule has 0 saturated heterocycles. The van der Waals surface area contributed by atoms with Gasteiger partial charge in [-0.05, 0) is 38.5 Å². The van der Waals surface area contributed by atoms with Crippen LogP contribution in [0.2, 0.25) is 0 Å². The van der Waals surface area contributed by atoms with Crippen LogP contribution in [0.15, 0.2) is 18.2 Å². The van der Waals surface area contributed by atoms with E-state index in [2.05, 4.69) is 20.8 Å². The molecule has 0 fully saturated rings. The van der Waals surface area contributed by atoms with Gasteiger partial charge in [-0.3, -0.25) is 9.59 Å². The highest BCUT2D eigenvalue weighted by Gasteiger charge is 2.36. The molecule has 0 amide bonds. The van der Waals surface area contributed by atoms with Crippen molar-refractivity contribution in [3.63, 3.8) is 0 Å². The van der Waals surface area contributed by atoms with Crippen molar-refractivity contribution in [2.24, 2.45) is 0 Å². The third-order valence-corrected chi connectivity index (χ3v) is 4.79. The van der Waals surface area contributed by atoms with E-state index in [1.807, 2.05) is 26.2 Å². The van der Waals surface area contributed by atoms with Gasteiger partial charge in [0.1, 0.15) is 19.6 Å². The molecule has 0 aliphatic heterocycles. The van der Waals surface area contributed by atoms with Crippen LogP contribution >= 0.6 is 0 Å². The summed E-state index contributed by atoms with van der Waals surface area (Å²) in [5.74, 6) is 0.335. The molecule has 1 aliphatic rings. The number of fused-ring (bicyclic) bond motifs is 1. The molecule has 0 bridgehead atoms. The van der Waals surface area contributed by atoms with Crippen LogP contribution in [0.25, 0.3) is 0 Å². The van der Waals surface area contributed by atoms with Gasteiger partial charge in [0.05, 0.1) is 13.5 Å². The van der Waals surface area contributed by atoms with Gasteiger partial charge in [-0.2, -0.15) is 0 Å². The number of esters is 1. The molecule has 0 radical (unpaired) electrons. The van der Waals surface area contributed by atoms with E-state index >= 15 is 0 Å². The molecule has 1 aliphatic carbocycles. The summed E-state index contributed by atoms with van der Waals surface area (Å²) in [5.41, 5.74) is 1.47. The normalized spacial score (nSPS) is 17.8. The number of nitrogens with zero attached hydrogens (tertiary/aromatic N) is 1. The smallest absolute Gasteiger partial charge is 0.306 e. The number of rotatable bonds is 4. The molecular weight excluding hydrogens is 294 g/mol. The first-order chi connectivity index (χ1) is 10.5. The van der Waals surface area contributed by atoms with Gasteiger partial charge in [-0.1, -0.05) is 6.07 Å². The lowest BCUT2D eigenvalue weighted by Crippen LogP contribution is -2.56. The molecule has 0 saturated carbocycles. The van der Waals surface area contributed by atoms with Gasteiger partial charge < -0.3 is 9.57 Å². The van der Waals surface area contributed by atoms with Gasteiger partial charge in [0, 0.05) is 17.9 Å². The first-order valence-electron chi connectivity index (χ1n) is 7.83. The van der Waals surface area contributed by atoms with Crippen molar-refractivity contribution in [3.8, 4) is 5.75 Å². The molecular formula is C18H26NO4+. The summed E-state index contributed by atoms with van der Waals surface area (Å²) in [7, 11) is 5.33. The number of hydroxylamine groups is 3. The molecule has 1 aromatic carbocycles. The van der Waals surface area contributed by atoms with E-state index < -0.39 is 0 Å². The number of hydrogen-bond donors (Lipinski definition) is 0. The second kappa shape index (κ2) is 5.96. The van der Waals surface area contributed by atoms with Gasteiger partial charge in [0.15, 0.2) is 11.5 Å². The average Bonchev–Trinajstić information content (AvgIpc) is 2.73. The maximum atomic E-state index is 12.2. The summed E-state index contributed by atoms with van der Waals surface area (Å²) in [6.45, 7) is 6.29. The number of Topliss-reactive ketones (excluding diaryl/α,β-unsaturated/α-hetero) is 1. The number of carbonyl (C=O) groups excluding carboxylic acids is 2. The summed E-state index contributed by atoms with van der Waals surface area (Å²) < 4.78 is 5.05. The number of quaternary nitrogens is 1. The van der Waals surface area contributed by atoms with Gasteiger partial charge in [0.25, 0.3) is 0 Å². The highest BCUT2D eigenvalue weighted by atomic mass is 16.7. The van der Waals surface area contributed by atoms with Gasteiger partial charge in [0.2, 0.25) is 0 Å². The van der Waals surface area contributed by atoms with Crippen molar-refractivity contribution < 1.29 is 23.8 Å². The quantitative estimate of drug-likeness (QED) is 0.486. The van der Waals surface area contributed by atoms with E-state index in [4.69, 9.17) is 9.57 Å². The molecule has 0 spiro atoms. The van der Waals surface area contributed by atoms with E-state index in [0.29, 0.717) is 22.4 Å². The monoisotopic (exact) mass is 320 g/mol. The van der Waals surface area contributed by atoms with Crippen LogP contribution in [0, 0.1) is 0 Å². The molecule has 5 nitrogen and oxygen atoms in total. The number of methoxy groups -OCH3 is 1. The van der Waals surface area contributed by atoms with E-state index in [1.165, 1.54) is 7.11 Å². The summed E-state index contributed by atoms with van der Waals surface area (Å²) in [5, 5.41) is 0. The maximum absolute atomic E-state index is 12.2. The molecule has 23 heavy (non-hydrogen) atoms. The number of ketones is 1. The predicted octanol–water partition coefficient (Wildman–Crippen LogP) is 3.09. The van der Waals surface area contributed by atoms with Crippen molar-refractivity contribution in [1.82, 2.24) is 0 Å². The Morgan fingerprint density at radius 1 is 1.30 bits per heavy atom. The van der Waals surface area contributed by atoms with E-state index in [1.54, 1.807) is 6.07 Å². The molecule has 5 heteroatoms. The Morgan fingerprint density at radius 2 is 1.96 bits per heavy atom. The molecule has 1 unspecified atom stereocenters. The van der Waals surface area contributed by atoms with Crippen molar-refractivity contribution in [1.29, 1.82) is 0 Å². The zero-order valence-electron chi connectivity index (χ0n) is 14.8. The van der Waals surface area contributed by atoms with Gasteiger partial charge in [-0.25, -0.2) is 0 Å². The molecule has 2 rings (SSSR count). The molecule has 1 atom stereocenters. The number of hydrogen-bond acceptors (Lipinski definition) is 4. The Bertz CT molecular complexity index is 628. The Balaban J connectivity index is 2.25. The molecule has 1 aromatic rings. The van der Waals surface area contributed by atoms with Crippen molar-refractivity contribution in [3.05, 3.63) is 29.3 Å². The van der Waals surface area contributed by atoms with Crippen LogP contribution in [0.3, 0.4) is 0 Å². The minimum absolute atomic E-state index is 0.0559. The van der Waals surface area contributed by atoms with Crippen molar-refractivity contribution in [2.45, 2.75) is 45.1 Å². The summed E-state index contributed by atoms with van der Waals surface area (Å²) in [6, 6.07) is 5.56. The molecule has 0 N–H and O–H groups in total. The lowest BCUT2D eigenvalue weighted by molar-refractivity contribution is -1.08. The Hall–Kier alpha value is -1.88. The van der Waals surface area contributed by atoms with Crippen LogP contribution in [0.4, 0.5) is 0 Å². The fraction of sp³-hybridized carbons (Fsp3) is 0.556. The Labute approximate surface area is 137 Å². The third kappa shape index (κ3) is 3.55. The van der Waals surface area contributed by atoms with Crippen LogP contribution < -0.4 is 4.84 Å². The average molecular weight is 320 g/mol. The van der Waals surface area contributed by atoms with Gasteiger partial charge in [-0.15, -0.1) is 4.65 Å². The fourth-order valence-electron chi connectivity index (χ4n) is 2.50. The maximum Gasteiger partial charge on any atom is 0.306 e. The van der Waals surface area contributed by atoms with E-state index in [-0.39, 0.29) is 29.6 Å². The van der Waals surface area contributed by atoms with Crippen LogP contribution in [-0.2, 0) is 9.53 Å². The van der Waals surface area contributed by atoms with Crippen LogP contribution in [-0.4, -0.2) is 43.1 Å². The number of benzene rings is 1. The minimum atomic E-state index is -0.290. The third-order valence-electron chi connectivity index (χ3n) is 4.79. The van der Waals surface area contributed by atoms with Crippen LogP contribution in [0.1, 0.15) is 55.5 Å². The summed E-state index contributed by atoms with van der Waals surface area (Å²) in [4.78, 5) is 29.8. The minimum Gasteiger partial charge on any atom is -0.469 e. The van der Waals surface area contributed by atoms with Crippen molar-refractivity contribution in [2.75, 3.05) is 21.2 Å². The largest absolute Gasteiger partial charge is 0.469 e. The number of carbonyl (C=O) groups is 2. The topological polar surface area (TPSA) is 52.6 Å². The predicted molar refractivity (Wildman–Crippen MR) is 87.3 cm³/mol. The number of ether oxygens (including phenoxy) is 1. The first-order valence-corrected chi connectivity index (χ1v) is 7.83. The van der Waals surface area contributed by atoms with Crippen LogP contribution in [0.5, 0.6) is 5.75 Å². The highest BCUT2D eigenvalue weighted by molar-refractivity contribution is 6.02. The fourth-order valence-corrected chi connectivity index (χ4v) is 2.50. The Morgan fingerprint density at radius 3 is 2.52 bits per heavy atom. The zero-order chi connectivity index (χ0) is 17.4. The molecule has 0 heterocycles. The van der Waals surface area contributed by atoms with Gasteiger partial charge >= 0.3 is 5.97 Å². The molecule has 0 aromatic heterocycles. The zero-order valence-corrected chi connectivity index (χ0v) is 14.8. The molecule has 126 valence electrons. The lowest BCUT2D eigenvalue weighted by Gasteiger charge is -2.39. The second-order valence-electron chi connectivity index (χ2n) is 7.47. The van der Waals surface area contributed by atoms with E-state index in [0.717, 1.165) is 5.56 Å². The van der Waals surface area contributed by atoms with E-state index in [9.17, 15) is 9.59 Å². The lowest BCUT2D eigenvalue weighted by atomic mass is 9.98. The van der Waals surface area contributed by atoms with Crippen molar-refractivity contribution >= 4 is 11.8 Å². The second-order valence-corrected chi connectivity index (χ2v) is 7.47. The first kappa shape index (κ1) is 17.5. The highest BCUT2D eigenvalue weighted by Crippen LogP contribution is 2.38. The standard InChI is InChI=1S/C18H26NO4/c1-18(2,3)19(4,5)23-13-7-8-14-12(10-17(21)22-6)9-16(20)15(14)11-13/h7-8,11-12H,9-10H2,1-6H3/q+1. The Kier molecular flexibility index (Phi) is 4.53. The SMILES string of the molecule is COC(=O)CC1CC(=O)c2cc(O[N+](C)(C)C(C)(C)C)ccc21.